The summed E-state index contributed by atoms with van der Waals surface area (Å²) in [5, 5.41) is 3.10. The van der Waals surface area contributed by atoms with Gasteiger partial charge in [-0.15, -0.1) is 6.58 Å². The van der Waals surface area contributed by atoms with Crippen LogP contribution in [-0.4, -0.2) is 48.6 Å². The van der Waals surface area contributed by atoms with Gasteiger partial charge in [0.1, 0.15) is 11.4 Å². The molecule has 17 heavy (non-hydrogen) atoms. The number of aliphatic imine (C=N–C) groups is 1. The van der Waals surface area contributed by atoms with Crippen molar-refractivity contribution in [3.8, 4) is 0 Å². The second-order valence-corrected chi connectivity index (χ2v) is 4.90. The Bertz CT molecular complexity index is 318. The van der Waals surface area contributed by atoms with Gasteiger partial charge in [0.2, 0.25) is 0 Å². The van der Waals surface area contributed by atoms with E-state index in [1.165, 1.54) is 0 Å². The van der Waals surface area contributed by atoms with E-state index >= 15 is 0 Å². The number of amidine groups is 1. The Morgan fingerprint density at radius 1 is 1.65 bits per heavy atom. The van der Waals surface area contributed by atoms with Gasteiger partial charge in [-0.3, -0.25) is 9.89 Å². The molecule has 0 unspecified atom stereocenters. The Balaban J connectivity index is 2.49. The maximum Gasteiger partial charge on any atom is 0.410 e. The van der Waals surface area contributed by atoms with Gasteiger partial charge in [0.25, 0.3) is 0 Å². The molecular formula is C12H21N3O2. The number of nitrogens with zero attached hydrogens (tertiary/aromatic N) is 2. The number of ether oxygens (including phenoxy) is 1. The van der Waals surface area contributed by atoms with Crippen molar-refractivity contribution in [2.45, 2.75) is 26.4 Å². The molecule has 0 saturated carbocycles. The molecule has 0 atom stereocenters. The van der Waals surface area contributed by atoms with E-state index in [1.54, 1.807) is 11.0 Å². The minimum absolute atomic E-state index is 0.287. The first-order valence-electron chi connectivity index (χ1n) is 5.78. The molecule has 0 aliphatic carbocycles. The molecule has 0 saturated heterocycles. The van der Waals surface area contributed by atoms with E-state index in [0.717, 1.165) is 5.84 Å². The molecule has 0 bridgehead atoms. The molecule has 1 aliphatic rings. The van der Waals surface area contributed by atoms with Crippen molar-refractivity contribution >= 4 is 11.9 Å². The minimum atomic E-state index is -0.458. The summed E-state index contributed by atoms with van der Waals surface area (Å²) in [6.45, 7) is 11.6. The van der Waals surface area contributed by atoms with Gasteiger partial charge in [0.15, 0.2) is 0 Å². The molecule has 0 aromatic heterocycles. The van der Waals surface area contributed by atoms with E-state index in [4.69, 9.17) is 4.74 Å². The van der Waals surface area contributed by atoms with Crippen LogP contribution in [0.3, 0.4) is 0 Å². The molecule has 0 fully saturated rings. The molecule has 0 spiro atoms. The monoisotopic (exact) mass is 239 g/mol. The van der Waals surface area contributed by atoms with E-state index in [9.17, 15) is 4.79 Å². The lowest BCUT2D eigenvalue weighted by molar-refractivity contribution is 0.0276. The molecule has 1 N–H and O–H groups in total. The maximum absolute atomic E-state index is 11.8. The summed E-state index contributed by atoms with van der Waals surface area (Å²) in [4.78, 5) is 17.8. The van der Waals surface area contributed by atoms with Crippen LogP contribution in [0.5, 0.6) is 0 Å². The van der Waals surface area contributed by atoms with Crippen LogP contribution in [0.4, 0.5) is 4.79 Å². The Morgan fingerprint density at radius 2 is 2.35 bits per heavy atom. The topological polar surface area (TPSA) is 53.9 Å². The second kappa shape index (κ2) is 5.70. The maximum atomic E-state index is 11.8. The largest absolute Gasteiger partial charge is 0.444 e. The third-order valence-corrected chi connectivity index (χ3v) is 2.12. The average molecular weight is 239 g/mol. The number of carbonyl (C=O) groups is 1. The molecule has 96 valence electrons. The lowest BCUT2D eigenvalue weighted by Crippen LogP contribution is -2.47. The van der Waals surface area contributed by atoms with Crippen molar-refractivity contribution in [2.75, 3.05) is 26.2 Å². The van der Waals surface area contributed by atoms with Gasteiger partial charge in [-0.2, -0.15) is 0 Å². The Kier molecular flexibility index (Phi) is 4.54. The zero-order valence-electron chi connectivity index (χ0n) is 10.8. The van der Waals surface area contributed by atoms with Crippen molar-refractivity contribution in [1.82, 2.24) is 10.2 Å². The summed E-state index contributed by atoms with van der Waals surface area (Å²) in [6, 6.07) is 0. The highest BCUT2D eigenvalue weighted by Gasteiger charge is 2.24. The smallest absolute Gasteiger partial charge is 0.410 e. The van der Waals surface area contributed by atoms with Gasteiger partial charge in [-0.25, -0.2) is 4.79 Å². The minimum Gasteiger partial charge on any atom is -0.444 e. The van der Waals surface area contributed by atoms with E-state index in [2.05, 4.69) is 16.9 Å². The van der Waals surface area contributed by atoms with E-state index < -0.39 is 5.60 Å². The van der Waals surface area contributed by atoms with Gasteiger partial charge in [0, 0.05) is 13.1 Å². The Morgan fingerprint density at radius 3 is 2.94 bits per heavy atom. The third kappa shape index (κ3) is 4.89. The molecule has 5 nitrogen and oxygen atoms in total. The van der Waals surface area contributed by atoms with Crippen LogP contribution in [0.2, 0.25) is 0 Å². The molecule has 1 aliphatic heterocycles. The fourth-order valence-corrected chi connectivity index (χ4v) is 1.40. The van der Waals surface area contributed by atoms with Crippen LogP contribution in [0, 0.1) is 0 Å². The first-order chi connectivity index (χ1) is 7.92. The van der Waals surface area contributed by atoms with Crippen molar-refractivity contribution in [3.63, 3.8) is 0 Å². The predicted octanol–water partition coefficient (Wildman–Crippen LogP) is 1.41. The summed E-state index contributed by atoms with van der Waals surface area (Å²) < 4.78 is 5.31. The number of carbonyl (C=O) groups excluding carboxylic acids is 1. The second-order valence-electron chi connectivity index (χ2n) is 4.90. The first kappa shape index (κ1) is 13.5. The van der Waals surface area contributed by atoms with Crippen molar-refractivity contribution in [1.29, 1.82) is 0 Å². The highest BCUT2D eigenvalue weighted by Crippen LogP contribution is 2.10. The first-order valence-corrected chi connectivity index (χ1v) is 5.78. The lowest BCUT2D eigenvalue weighted by Gasteiger charge is -2.29. The fourth-order valence-electron chi connectivity index (χ4n) is 1.40. The number of hydrogen-bond donors (Lipinski definition) is 1. The van der Waals surface area contributed by atoms with Crippen LogP contribution in [0.25, 0.3) is 0 Å². The standard InChI is InChI=1S/C12H21N3O2/c1-5-6-13-10-9-15(8-7-14-10)11(16)17-12(2,3)4/h5H,1,6-9H2,2-4H3,(H,13,14). The van der Waals surface area contributed by atoms with Crippen LogP contribution < -0.4 is 5.32 Å². The number of rotatable bonds is 2. The van der Waals surface area contributed by atoms with Crippen LogP contribution >= 0.6 is 0 Å². The molecule has 5 heteroatoms. The van der Waals surface area contributed by atoms with Crippen LogP contribution in [-0.2, 0) is 4.74 Å². The van der Waals surface area contributed by atoms with E-state index in [0.29, 0.717) is 26.2 Å². The molecule has 0 radical (unpaired) electrons. The van der Waals surface area contributed by atoms with E-state index in [1.807, 2.05) is 20.8 Å². The summed E-state index contributed by atoms with van der Waals surface area (Å²) in [6.07, 6.45) is 1.47. The average Bonchev–Trinajstić information content (AvgIpc) is 2.24. The van der Waals surface area contributed by atoms with Gasteiger partial charge in [0.05, 0.1) is 13.1 Å². The predicted molar refractivity (Wildman–Crippen MR) is 68.3 cm³/mol. The number of nitrogens with one attached hydrogen (secondary N) is 1. The van der Waals surface area contributed by atoms with Crippen LogP contribution in [0.1, 0.15) is 20.8 Å². The number of hydrogen-bond acceptors (Lipinski definition) is 4. The molecule has 0 aromatic rings. The van der Waals surface area contributed by atoms with Crippen molar-refractivity contribution in [3.05, 3.63) is 12.7 Å². The molecule has 0 aromatic carbocycles. The molecule has 1 rings (SSSR count). The third-order valence-electron chi connectivity index (χ3n) is 2.12. The number of amides is 1. The van der Waals surface area contributed by atoms with E-state index in [-0.39, 0.29) is 6.09 Å². The SMILES string of the molecule is C=CCNC1=NCCN(C(=O)OC(C)(C)C)C1. The van der Waals surface area contributed by atoms with Crippen LogP contribution in [0.15, 0.2) is 17.6 Å². The molecule has 1 amide bonds. The highest BCUT2D eigenvalue weighted by atomic mass is 16.6. The summed E-state index contributed by atoms with van der Waals surface area (Å²) in [7, 11) is 0. The molecule has 1 heterocycles. The summed E-state index contributed by atoms with van der Waals surface area (Å²) in [5.74, 6) is 0.807. The molecular weight excluding hydrogens is 218 g/mol. The summed E-state index contributed by atoms with van der Waals surface area (Å²) in [5.41, 5.74) is -0.458. The zero-order chi connectivity index (χ0) is 12.9. The van der Waals surface area contributed by atoms with Gasteiger partial charge >= 0.3 is 6.09 Å². The lowest BCUT2D eigenvalue weighted by atomic mass is 10.2. The van der Waals surface area contributed by atoms with Crippen molar-refractivity contribution < 1.29 is 9.53 Å². The Labute approximate surface area is 103 Å². The highest BCUT2D eigenvalue weighted by molar-refractivity contribution is 5.87. The van der Waals surface area contributed by atoms with Gasteiger partial charge in [-0.05, 0) is 20.8 Å². The zero-order valence-corrected chi connectivity index (χ0v) is 10.8. The van der Waals surface area contributed by atoms with Gasteiger partial charge in [-0.1, -0.05) is 6.08 Å². The van der Waals surface area contributed by atoms with Crippen molar-refractivity contribution in [2.24, 2.45) is 4.99 Å². The Hall–Kier alpha value is -1.52. The fraction of sp³-hybridized carbons (Fsp3) is 0.667. The van der Waals surface area contributed by atoms with Gasteiger partial charge < -0.3 is 10.1 Å². The quantitative estimate of drug-likeness (QED) is 0.741. The normalized spacial score (nSPS) is 16.2. The summed E-state index contributed by atoms with van der Waals surface area (Å²) >= 11 is 0.